The second-order valence-electron chi connectivity index (χ2n) is 4.22. The van der Waals surface area contributed by atoms with Crippen molar-refractivity contribution in [1.29, 1.82) is 0 Å². The molecule has 0 aliphatic heterocycles. The van der Waals surface area contributed by atoms with Crippen LogP contribution in [0.5, 0.6) is 0 Å². The maximum absolute atomic E-state index is 9.98. The van der Waals surface area contributed by atoms with Gasteiger partial charge in [0.05, 0.1) is 0 Å². The molecule has 59 valence electrons. The fourth-order valence-corrected chi connectivity index (χ4v) is 1.26. The lowest BCUT2D eigenvalue weighted by Gasteiger charge is -2.21. The lowest BCUT2D eigenvalue weighted by molar-refractivity contribution is 0.310. The number of hydrogen-bond acceptors (Lipinski definition) is 1. The zero-order valence-electron chi connectivity index (χ0n) is 7.40. The van der Waals surface area contributed by atoms with Crippen LogP contribution in [0.25, 0.3) is 0 Å². The molecule has 10 heavy (non-hydrogen) atoms. The SMILES string of the molecule is CC(C[C]=O)CC(C)(C)C. The molecule has 0 amide bonds. The Bertz CT molecular complexity index is 99.8. The van der Waals surface area contributed by atoms with E-state index in [0.717, 1.165) is 6.42 Å². The molecule has 0 saturated heterocycles. The van der Waals surface area contributed by atoms with Gasteiger partial charge in [0.15, 0.2) is 6.29 Å². The van der Waals surface area contributed by atoms with E-state index in [1.807, 2.05) is 6.29 Å². The lowest BCUT2D eigenvalue weighted by atomic mass is 9.84. The van der Waals surface area contributed by atoms with Gasteiger partial charge < -0.3 is 0 Å². The molecule has 0 saturated carbocycles. The van der Waals surface area contributed by atoms with E-state index in [1.54, 1.807) is 0 Å². The third-order valence-corrected chi connectivity index (χ3v) is 1.39. The first kappa shape index (κ1) is 9.67. The van der Waals surface area contributed by atoms with Crippen LogP contribution in [0.2, 0.25) is 0 Å². The summed E-state index contributed by atoms with van der Waals surface area (Å²) >= 11 is 0. The van der Waals surface area contributed by atoms with Gasteiger partial charge in [-0.1, -0.05) is 27.7 Å². The Labute approximate surface area is 63.8 Å². The molecule has 0 aromatic rings. The Hall–Kier alpha value is -0.330. The topological polar surface area (TPSA) is 17.1 Å². The maximum Gasteiger partial charge on any atom is 0.198 e. The molecule has 0 spiro atoms. The first-order chi connectivity index (χ1) is 4.45. The fraction of sp³-hybridized carbons (Fsp3) is 0.889. The van der Waals surface area contributed by atoms with Crippen molar-refractivity contribution in [3.05, 3.63) is 0 Å². The van der Waals surface area contributed by atoms with Crippen molar-refractivity contribution >= 4 is 6.29 Å². The summed E-state index contributed by atoms with van der Waals surface area (Å²) in [6, 6.07) is 0. The first-order valence-corrected chi connectivity index (χ1v) is 3.81. The average molecular weight is 141 g/mol. The van der Waals surface area contributed by atoms with Crippen LogP contribution in [-0.2, 0) is 4.79 Å². The minimum atomic E-state index is 0.344. The lowest BCUT2D eigenvalue weighted by Crippen LogP contribution is -2.11. The van der Waals surface area contributed by atoms with Crippen molar-refractivity contribution in [2.24, 2.45) is 11.3 Å². The molecule has 0 fully saturated rings. The van der Waals surface area contributed by atoms with E-state index in [9.17, 15) is 4.79 Å². The van der Waals surface area contributed by atoms with Crippen LogP contribution in [0, 0.1) is 11.3 Å². The molecule has 0 N–H and O–H groups in total. The average Bonchev–Trinajstić information content (AvgIpc) is 1.59. The van der Waals surface area contributed by atoms with Gasteiger partial charge in [-0.05, 0) is 17.8 Å². The van der Waals surface area contributed by atoms with Crippen molar-refractivity contribution in [3.63, 3.8) is 0 Å². The zero-order valence-corrected chi connectivity index (χ0v) is 7.40. The van der Waals surface area contributed by atoms with E-state index < -0.39 is 0 Å². The molecule has 1 nitrogen and oxygen atoms in total. The summed E-state index contributed by atoms with van der Waals surface area (Å²) in [7, 11) is 0. The highest BCUT2D eigenvalue weighted by atomic mass is 16.1. The van der Waals surface area contributed by atoms with Gasteiger partial charge in [0.1, 0.15) is 0 Å². The van der Waals surface area contributed by atoms with Gasteiger partial charge in [0.2, 0.25) is 0 Å². The van der Waals surface area contributed by atoms with Crippen molar-refractivity contribution in [1.82, 2.24) is 0 Å². The van der Waals surface area contributed by atoms with Gasteiger partial charge >= 0.3 is 0 Å². The molecule has 0 aliphatic rings. The van der Waals surface area contributed by atoms with Crippen molar-refractivity contribution in [2.75, 3.05) is 0 Å². The summed E-state index contributed by atoms with van der Waals surface area (Å²) in [5.74, 6) is 0.484. The monoisotopic (exact) mass is 141 g/mol. The Kier molecular flexibility index (Phi) is 3.62. The molecule has 0 bridgehead atoms. The summed E-state index contributed by atoms with van der Waals surface area (Å²) < 4.78 is 0. The molecular formula is C9H17O. The molecule has 0 aliphatic carbocycles. The predicted molar refractivity (Wildman–Crippen MR) is 43.5 cm³/mol. The predicted octanol–water partition coefficient (Wildman–Crippen LogP) is 2.56. The first-order valence-electron chi connectivity index (χ1n) is 3.81. The summed E-state index contributed by atoms with van der Waals surface area (Å²) in [5.41, 5.74) is 0.344. The highest BCUT2D eigenvalue weighted by Gasteiger charge is 2.14. The Balaban J connectivity index is 3.56. The second kappa shape index (κ2) is 3.75. The van der Waals surface area contributed by atoms with Crippen LogP contribution in [0.15, 0.2) is 0 Å². The summed E-state index contributed by atoms with van der Waals surface area (Å²) in [5, 5.41) is 0. The molecule has 1 heteroatoms. The highest BCUT2D eigenvalue weighted by Crippen LogP contribution is 2.24. The molecule has 0 aromatic carbocycles. The Morgan fingerprint density at radius 3 is 2.20 bits per heavy atom. The minimum absolute atomic E-state index is 0.344. The van der Waals surface area contributed by atoms with Gasteiger partial charge in [-0.2, -0.15) is 0 Å². The fourth-order valence-electron chi connectivity index (χ4n) is 1.26. The van der Waals surface area contributed by atoms with E-state index in [2.05, 4.69) is 27.7 Å². The number of hydrogen-bond donors (Lipinski definition) is 0. The number of rotatable bonds is 3. The van der Waals surface area contributed by atoms with E-state index in [1.165, 1.54) is 0 Å². The standard InChI is InChI=1S/C9H17O/c1-8(5-6-10)7-9(2,3)4/h8H,5,7H2,1-4H3. The minimum Gasteiger partial charge on any atom is -0.291 e. The van der Waals surface area contributed by atoms with Gasteiger partial charge in [-0.3, -0.25) is 4.79 Å². The Morgan fingerprint density at radius 2 is 1.90 bits per heavy atom. The third-order valence-electron chi connectivity index (χ3n) is 1.39. The van der Waals surface area contributed by atoms with Crippen LogP contribution in [0.3, 0.4) is 0 Å². The van der Waals surface area contributed by atoms with Crippen molar-refractivity contribution in [2.45, 2.75) is 40.5 Å². The quantitative estimate of drug-likeness (QED) is 0.590. The molecule has 0 heterocycles. The molecule has 1 radical (unpaired) electrons. The maximum atomic E-state index is 9.98. The van der Waals surface area contributed by atoms with Crippen LogP contribution in [-0.4, -0.2) is 6.29 Å². The Morgan fingerprint density at radius 1 is 1.40 bits per heavy atom. The summed E-state index contributed by atoms with van der Waals surface area (Å²) in [6.07, 6.45) is 3.62. The van der Waals surface area contributed by atoms with Crippen LogP contribution < -0.4 is 0 Å². The van der Waals surface area contributed by atoms with Crippen LogP contribution in [0.4, 0.5) is 0 Å². The van der Waals surface area contributed by atoms with Gasteiger partial charge in [-0.25, -0.2) is 0 Å². The van der Waals surface area contributed by atoms with E-state index in [-0.39, 0.29) is 0 Å². The summed E-state index contributed by atoms with van der Waals surface area (Å²) in [4.78, 5) is 9.98. The summed E-state index contributed by atoms with van der Waals surface area (Å²) in [6.45, 7) is 8.66. The molecule has 0 rings (SSSR count). The van der Waals surface area contributed by atoms with Gasteiger partial charge in [0, 0.05) is 6.42 Å². The van der Waals surface area contributed by atoms with Gasteiger partial charge in [-0.15, -0.1) is 0 Å². The molecule has 1 unspecified atom stereocenters. The second-order valence-corrected chi connectivity index (χ2v) is 4.22. The molecular weight excluding hydrogens is 124 g/mol. The van der Waals surface area contributed by atoms with E-state index in [0.29, 0.717) is 17.8 Å². The largest absolute Gasteiger partial charge is 0.291 e. The van der Waals surface area contributed by atoms with Gasteiger partial charge in [0.25, 0.3) is 0 Å². The normalized spacial score (nSPS) is 14.8. The highest BCUT2D eigenvalue weighted by molar-refractivity contribution is 5.50. The van der Waals surface area contributed by atoms with Crippen LogP contribution in [0.1, 0.15) is 40.5 Å². The van der Waals surface area contributed by atoms with Crippen molar-refractivity contribution < 1.29 is 4.79 Å². The van der Waals surface area contributed by atoms with Crippen LogP contribution >= 0.6 is 0 Å². The molecule has 0 aromatic heterocycles. The van der Waals surface area contributed by atoms with E-state index in [4.69, 9.17) is 0 Å². The number of carbonyl (C=O) groups excluding carboxylic acids is 1. The smallest absolute Gasteiger partial charge is 0.198 e. The third kappa shape index (κ3) is 5.80. The van der Waals surface area contributed by atoms with Crippen molar-refractivity contribution in [3.8, 4) is 0 Å². The zero-order chi connectivity index (χ0) is 8.20. The van der Waals surface area contributed by atoms with E-state index >= 15 is 0 Å². The molecule has 1 atom stereocenters.